The second-order valence-corrected chi connectivity index (χ2v) is 7.07. The van der Waals surface area contributed by atoms with E-state index in [0.29, 0.717) is 18.3 Å². The average molecular weight is 397 g/mol. The smallest absolute Gasteiger partial charge is 0.234 e. The lowest BCUT2D eigenvalue weighted by Crippen LogP contribution is -2.15. The van der Waals surface area contributed by atoms with Crippen molar-refractivity contribution in [1.29, 1.82) is 0 Å². The van der Waals surface area contributed by atoms with Gasteiger partial charge in [-0.25, -0.2) is 0 Å². The van der Waals surface area contributed by atoms with Crippen molar-refractivity contribution >= 4 is 23.4 Å². The predicted octanol–water partition coefficient (Wildman–Crippen LogP) is 4.40. The summed E-state index contributed by atoms with van der Waals surface area (Å²) in [6.07, 6.45) is 0. The number of hydrogen-bond donors (Lipinski definition) is 1. The molecule has 1 heterocycles. The molecule has 0 atom stereocenters. The van der Waals surface area contributed by atoms with Crippen LogP contribution in [0.5, 0.6) is 5.75 Å². The molecular weight excluding hydrogens is 372 g/mol. The molecule has 6 nitrogen and oxygen atoms in total. The van der Waals surface area contributed by atoms with Gasteiger partial charge >= 0.3 is 0 Å². The number of thioether (sulfide) groups is 1. The van der Waals surface area contributed by atoms with Crippen LogP contribution in [0, 0.1) is 6.92 Å². The van der Waals surface area contributed by atoms with E-state index >= 15 is 0 Å². The second kappa shape index (κ2) is 9.41. The van der Waals surface area contributed by atoms with Crippen LogP contribution in [0.3, 0.4) is 0 Å². The van der Waals surface area contributed by atoms with E-state index in [2.05, 4.69) is 15.5 Å². The molecule has 0 aliphatic carbocycles. The standard InChI is InChI=1S/C21H24N4O2S/c1-4-25-20(16-11-7-9-13-18(16)27-5-2)23-24-21(25)28-14-19(26)22-17-12-8-6-10-15(17)3/h6-13H,4-5,14H2,1-3H3,(H,22,26). The normalized spacial score (nSPS) is 10.7. The summed E-state index contributed by atoms with van der Waals surface area (Å²) >= 11 is 1.38. The number of nitrogens with zero attached hydrogens (tertiary/aromatic N) is 3. The zero-order chi connectivity index (χ0) is 19.9. The second-order valence-electron chi connectivity index (χ2n) is 6.13. The molecule has 1 amide bonds. The molecule has 0 saturated carbocycles. The van der Waals surface area contributed by atoms with Gasteiger partial charge in [0.1, 0.15) is 5.75 Å². The number of benzene rings is 2. The molecule has 1 N–H and O–H groups in total. The minimum Gasteiger partial charge on any atom is -0.493 e. The van der Waals surface area contributed by atoms with Crippen molar-refractivity contribution in [2.24, 2.45) is 0 Å². The summed E-state index contributed by atoms with van der Waals surface area (Å²) in [6.45, 7) is 7.24. The Morgan fingerprint density at radius 2 is 1.86 bits per heavy atom. The Hall–Kier alpha value is -2.80. The minimum atomic E-state index is -0.0683. The lowest BCUT2D eigenvalue weighted by atomic mass is 10.2. The summed E-state index contributed by atoms with van der Waals surface area (Å²) < 4.78 is 7.73. The molecule has 0 bridgehead atoms. The Morgan fingerprint density at radius 3 is 2.61 bits per heavy atom. The molecule has 28 heavy (non-hydrogen) atoms. The summed E-state index contributed by atoms with van der Waals surface area (Å²) in [7, 11) is 0. The Kier molecular flexibility index (Phi) is 6.71. The number of nitrogens with one attached hydrogen (secondary N) is 1. The maximum atomic E-state index is 12.3. The third kappa shape index (κ3) is 4.54. The van der Waals surface area contributed by atoms with Crippen molar-refractivity contribution in [3.05, 3.63) is 54.1 Å². The fourth-order valence-corrected chi connectivity index (χ4v) is 3.64. The van der Waals surface area contributed by atoms with Crippen LogP contribution < -0.4 is 10.1 Å². The highest BCUT2D eigenvalue weighted by Gasteiger charge is 2.17. The van der Waals surface area contributed by atoms with Crippen LogP contribution in [0.15, 0.2) is 53.7 Å². The number of amides is 1. The Morgan fingerprint density at radius 1 is 1.11 bits per heavy atom. The van der Waals surface area contributed by atoms with Gasteiger partial charge in [-0.3, -0.25) is 4.79 Å². The molecule has 0 spiro atoms. The first-order valence-electron chi connectivity index (χ1n) is 9.27. The number of ether oxygens (including phenoxy) is 1. The largest absolute Gasteiger partial charge is 0.493 e. The number of aryl methyl sites for hydroxylation is 1. The van der Waals surface area contributed by atoms with Crippen molar-refractivity contribution in [1.82, 2.24) is 14.8 Å². The molecule has 3 aromatic rings. The molecule has 0 saturated heterocycles. The average Bonchev–Trinajstić information content (AvgIpc) is 3.11. The van der Waals surface area contributed by atoms with Crippen LogP contribution >= 0.6 is 11.8 Å². The fourth-order valence-electron chi connectivity index (χ4n) is 2.84. The molecule has 0 aliphatic rings. The molecule has 1 aromatic heterocycles. The molecular formula is C21H24N4O2S. The summed E-state index contributed by atoms with van der Waals surface area (Å²) in [5.41, 5.74) is 2.76. The fraction of sp³-hybridized carbons (Fsp3) is 0.286. The first kappa shape index (κ1) is 19.9. The van der Waals surface area contributed by atoms with E-state index in [-0.39, 0.29) is 11.7 Å². The highest BCUT2D eigenvalue weighted by atomic mass is 32.2. The number of hydrogen-bond acceptors (Lipinski definition) is 5. The van der Waals surface area contributed by atoms with Crippen molar-refractivity contribution in [3.63, 3.8) is 0 Å². The monoisotopic (exact) mass is 396 g/mol. The number of rotatable bonds is 8. The summed E-state index contributed by atoms with van der Waals surface area (Å²) in [4.78, 5) is 12.3. The summed E-state index contributed by atoms with van der Waals surface area (Å²) in [5, 5.41) is 12.3. The van der Waals surface area contributed by atoms with E-state index in [0.717, 1.165) is 28.4 Å². The lowest BCUT2D eigenvalue weighted by molar-refractivity contribution is -0.113. The van der Waals surface area contributed by atoms with Crippen LogP contribution in [0.25, 0.3) is 11.4 Å². The first-order chi connectivity index (χ1) is 13.6. The molecule has 0 unspecified atom stereocenters. The van der Waals surface area contributed by atoms with Crippen LogP contribution in [0.1, 0.15) is 19.4 Å². The van der Waals surface area contributed by atoms with Crippen molar-refractivity contribution in [2.75, 3.05) is 17.7 Å². The number of aromatic nitrogens is 3. The van der Waals surface area contributed by atoms with E-state index in [1.54, 1.807) is 0 Å². The maximum Gasteiger partial charge on any atom is 0.234 e. The summed E-state index contributed by atoms with van der Waals surface area (Å²) in [5.74, 6) is 1.72. The summed E-state index contributed by atoms with van der Waals surface area (Å²) in [6, 6.07) is 15.5. The SMILES string of the molecule is CCOc1ccccc1-c1nnc(SCC(=O)Nc2ccccc2C)n1CC. The quantitative estimate of drug-likeness (QED) is 0.572. The number of anilines is 1. The molecule has 3 rings (SSSR count). The van der Waals surface area contributed by atoms with Crippen molar-refractivity contribution < 1.29 is 9.53 Å². The van der Waals surface area contributed by atoms with Gasteiger partial charge in [0, 0.05) is 12.2 Å². The third-order valence-electron chi connectivity index (χ3n) is 4.21. The molecule has 0 fully saturated rings. The zero-order valence-corrected chi connectivity index (χ0v) is 17.1. The first-order valence-corrected chi connectivity index (χ1v) is 10.3. The third-order valence-corrected chi connectivity index (χ3v) is 5.18. The van der Waals surface area contributed by atoms with Crippen LogP contribution in [0.2, 0.25) is 0 Å². The topological polar surface area (TPSA) is 69.0 Å². The van der Waals surface area contributed by atoms with E-state index in [1.165, 1.54) is 11.8 Å². The van der Waals surface area contributed by atoms with E-state index in [4.69, 9.17) is 4.74 Å². The number of para-hydroxylation sites is 2. The van der Waals surface area contributed by atoms with E-state index in [9.17, 15) is 4.79 Å². The highest BCUT2D eigenvalue weighted by molar-refractivity contribution is 7.99. The van der Waals surface area contributed by atoms with Gasteiger partial charge in [0.25, 0.3) is 0 Å². The Labute approximate surface area is 169 Å². The molecule has 7 heteroatoms. The minimum absolute atomic E-state index is 0.0683. The van der Waals surface area contributed by atoms with E-state index < -0.39 is 0 Å². The molecule has 0 radical (unpaired) electrons. The van der Waals surface area contributed by atoms with Gasteiger partial charge in [-0.15, -0.1) is 10.2 Å². The van der Waals surface area contributed by atoms with Crippen LogP contribution in [-0.2, 0) is 11.3 Å². The van der Waals surface area contributed by atoms with Gasteiger partial charge in [0.15, 0.2) is 11.0 Å². The predicted molar refractivity (Wildman–Crippen MR) is 113 cm³/mol. The lowest BCUT2D eigenvalue weighted by Gasteiger charge is -2.11. The van der Waals surface area contributed by atoms with Crippen molar-refractivity contribution in [2.45, 2.75) is 32.5 Å². The van der Waals surface area contributed by atoms with Gasteiger partial charge in [-0.05, 0) is 44.5 Å². The van der Waals surface area contributed by atoms with Gasteiger partial charge in [0.2, 0.25) is 5.91 Å². The maximum absolute atomic E-state index is 12.3. The van der Waals surface area contributed by atoms with Gasteiger partial charge in [0.05, 0.1) is 17.9 Å². The van der Waals surface area contributed by atoms with Crippen LogP contribution in [0.4, 0.5) is 5.69 Å². The molecule has 146 valence electrons. The Bertz CT molecular complexity index is 955. The highest BCUT2D eigenvalue weighted by Crippen LogP contribution is 2.31. The molecule has 0 aliphatic heterocycles. The number of carbonyl (C=O) groups is 1. The number of carbonyl (C=O) groups excluding carboxylic acids is 1. The van der Waals surface area contributed by atoms with E-state index in [1.807, 2.05) is 73.9 Å². The zero-order valence-electron chi connectivity index (χ0n) is 16.3. The van der Waals surface area contributed by atoms with Gasteiger partial charge in [-0.2, -0.15) is 0 Å². The molecule has 2 aromatic carbocycles. The van der Waals surface area contributed by atoms with Gasteiger partial charge in [-0.1, -0.05) is 42.1 Å². The van der Waals surface area contributed by atoms with Crippen LogP contribution in [-0.4, -0.2) is 33.0 Å². The van der Waals surface area contributed by atoms with Gasteiger partial charge < -0.3 is 14.6 Å². The van der Waals surface area contributed by atoms with Crippen molar-refractivity contribution in [3.8, 4) is 17.1 Å². The Balaban J connectivity index is 1.74.